The molecule has 1 aliphatic carbocycles. The van der Waals surface area contributed by atoms with Crippen molar-refractivity contribution in [3.8, 4) is 5.75 Å². The van der Waals surface area contributed by atoms with Gasteiger partial charge in [0, 0.05) is 24.0 Å². The first-order valence-electron chi connectivity index (χ1n) is 6.97. The van der Waals surface area contributed by atoms with E-state index in [2.05, 4.69) is 0 Å². The lowest BCUT2D eigenvalue weighted by Gasteiger charge is -2.18. The summed E-state index contributed by atoms with van der Waals surface area (Å²) in [5.41, 5.74) is 0. The molecule has 1 aromatic carbocycles. The molecule has 2 aliphatic rings. The molecule has 1 aliphatic heterocycles. The highest BCUT2D eigenvalue weighted by Crippen LogP contribution is 2.38. The molecule has 3 unspecified atom stereocenters. The van der Waals surface area contributed by atoms with Crippen LogP contribution in [0.2, 0.25) is 5.02 Å². The third-order valence-corrected chi connectivity index (χ3v) is 4.57. The SMILES string of the molecule is O=C(COc1cccc(Cl)c1)N1CC2CCC(O)C2C1. The molecule has 1 amide bonds. The topological polar surface area (TPSA) is 49.8 Å². The molecule has 1 N–H and O–H groups in total. The van der Waals surface area contributed by atoms with E-state index in [1.54, 1.807) is 24.3 Å². The van der Waals surface area contributed by atoms with Gasteiger partial charge in [-0.2, -0.15) is 0 Å². The molecule has 0 bridgehead atoms. The lowest BCUT2D eigenvalue weighted by Crippen LogP contribution is -2.34. The smallest absolute Gasteiger partial charge is 0.260 e. The number of carbonyl (C=O) groups excluding carboxylic acids is 1. The van der Waals surface area contributed by atoms with Crippen LogP contribution in [0.3, 0.4) is 0 Å². The van der Waals surface area contributed by atoms with Crippen molar-refractivity contribution in [3.05, 3.63) is 29.3 Å². The molecule has 0 radical (unpaired) electrons. The minimum atomic E-state index is -0.244. The number of aliphatic hydroxyl groups is 1. The van der Waals surface area contributed by atoms with Crippen LogP contribution < -0.4 is 4.74 Å². The number of hydrogen-bond acceptors (Lipinski definition) is 3. The maximum atomic E-state index is 12.1. The average Bonchev–Trinajstić information content (AvgIpc) is 2.99. The maximum Gasteiger partial charge on any atom is 0.260 e. The minimum Gasteiger partial charge on any atom is -0.484 e. The largest absolute Gasteiger partial charge is 0.484 e. The summed E-state index contributed by atoms with van der Waals surface area (Å²) >= 11 is 5.86. The van der Waals surface area contributed by atoms with Gasteiger partial charge in [-0.15, -0.1) is 0 Å². The van der Waals surface area contributed by atoms with E-state index in [9.17, 15) is 9.90 Å². The Morgan fingerprint density at radius 3 is 3.00 bits per heavy atom. The molecular weight excluding hydrogens is 278 g/mol. The number of aliphatic hydroxyl groups excluding tert-OH is 1. The number of halogens is 1. The molecule has 0 spiro atoms. The Morgan fingerprint density at radius 1 is 1.40 bits per heavy atom. The summed E-state index contributed by atoms with van der Waals surface area (Å²) in [6, 6.07) is 7.02. The van der Waals surface area contributed by atoms with E-state index in [0.717, 1.165) is 19.4 Å². The van der Waals surface area contributed by atoms with Gasteiger partial charge >= 0.3 is 0 Å². The van der Waals surface area contributed by atoms with Crippen molar-refractivity contribution in [2.75, 3.05) is 19.7 Å². The van der Waals surface area contributed by atoms with Gasteiger partial charge in [-0.05, 0) is 37.0 Å². The highest BCUT2D eigenvalue weighted by Gasteiger charge is 2.43. The normalized spacial score (nSPS) is 28.5. The second-order valence-electron chi connectivity index (χ2n) is 5.61. The fraction of sp³-hybridized carbons (Fsp3) is 0.533. The molecule has 1 heterocycles. The van der Waals surface area contributed by atoms with Gasteiger partial charge in [0.15, 0.2) is 6.61 Å². The van der Waals surface area contributed by atoms with Crippen LogP contribution in [0.4, 0.5) is 0 Å². The van der Waals surface area contributed by atoms with Crippen LogP contribution in [0.1, 0.15) is 12.8 Å². The zero-order valence-electron chi connectivity index (χ0n) is 11.2. The first kappa shape index (κ1) is 13.7. The number of nitrogens with zero attached hydrogens (tertiary/aromatic N) is 1. The monoisotopic (exact) mass is 295 g/mol. The summed E-state index contributed by atoms with van der Waals surface area (Å²) in [4.78, 5) is 13.9. The lowest BCUT2D eigenvalue weighted by atomic mass is 10.00. The molecule has 1 aromatic rings. The zero-order valence-corrected chi connectivity index (χ0v) is 11.9. The van der Waals surface area contributed by atoms with Crippen molar-refractivity contribution in [2.45, 2.75) is 18.9 Å². The molecule has 108 valence electrons. The van der Waals surface area contributed by atoms with Crippen LogP contribution in [-0.2, 0) is 4.79 Å². The predicted molar refractivity (Wildman–Crippen MR) is 75.7 cm³/mol. The van der Waals surface area contributed by atoms with Gasteiger partial charge < -0.3 is 14.7 Å². The highest BCUT2D eigenvalue weighted by atomic mass is 35.5. The Balaban J connectivity index is 1.53. The Hall–Kier alpha value is -1.26. The van der Waals surface area contributed by atoms with Gasteiger partial charge in [-0.25, -0.2) is 0 Å². The molecule has 4 nitrogen and oxygen atoms in total. The summed E-state index contributed by atoms with van der Waals surface area (Å²) in [5, 5.41) is 10.4. The van der Waals surface area contributed by atoms with E-state index in [4.69, 9.17) is 16.3 Å². The Kier molecular flexibility index (Phi) is 3.85. The fourth-order valence-corrected chi connectivity index (χ4v) is 3.41. The Labute approximate surface area is 123 Å². The zero-order chi connectivity index (χ0) is 14.1. The number of benzene rings is 1. The molecule has 20 heavy (non-hydrogen) atoms. The number of amides is 1. The van der Waals surface area contributed by atoms with Gasteiger partial charge in [-0.1, -0.05) is 17.7 Å². The number of ether oxygens (including phenoxy) is 1. The minimum absolute atomic E-state index is 0.0217. The van der Waals surface area contributed by atoms with Crippen molar-refractivity contribution < 1.29 is 14.6 Å². The van der Waals surface area contributed by atoms with Gasteiger partial charge in [0.1, 0.15) is 5.75 Å². The number of hydrogen-bond donors (Lipinski definition) is 1. The number of fused-ring (bicyclic) bond motifs is 1. The lowest BCUT2D eigenvalue weighted by molar-refractivity contribution is -0.132. The maximum absolute atomic E-state index is 12.1. The van der Waals surface area contributed by atoms with Crippen molar-refractivity contribution in [2.24, 2.45) is 11.8 Å². The molecule has 3 rings (SSSR count). The van der Waals surface area contributed by atoms with E-state index >= 15 is 0 Å². The molecule has 1 saturated heterocycles. The van der Waals surface area contributed by atoms with E-state index in [1.165, 1.54) is 0 Å². The van der Waals surface area contributed by atoms with Gasteiger partial charge in [0.25, 0.3) is 5.91 Å². The average molecular weight is 296 g/mol. The number of rotatable bonds is 3. The van der Waals surface area contributed by atoms with Crippen LogP contribution in [0.15, 0.2) is 24.3 Å². The van der Waals surface area contributed by atoms with Crippen molar-refractivity contribution in [1.29, 1.82) is 0 Å². The van der Waals surface area contributed by atoms with Crippen molar-refractivity contribution in [1.82, 2.24) is 4.90 Å². The van der Waals surface area contributed by atoms with E-state index < -0.39 is 0 Å². The van der Waals surface area contributed by atoms with Crippen LogP contribution in [-0.4, -0.2) is 41.7 Å². The summed E-state index contributed by atoms with van der Waals surface area (Å²) in [5.74, 6) is 1.29. The fourth-order valence-electron chi connectivity index (χ4n) is 3.23. The van der Waals surface area contributed by atoms with Crippen molar-refractivity contribution in [3.63, 3.8) is 0 Å². The summed E-state index contributed by atoms with van der Waals surface area (Å²) < 4.78 is 5.47. The third kappa shape index (κ3) is 2.76. The first-order valence-corrected chi connectivity index (χ1v) is 7.35. The molecule has 0 aromatic heterocycles. The van der Waals surface area contributed by atoms with E-state index in [0.29, 0.717) is 23.2 Å². The predicted octanol–water partition coefficient (Wildman–Crippen LogP) is 1.95. The van der Waals surface area contributed by atoms with Crippen LogP contribution >= 0.6 is 11.6 Å². The van der Waals surface area contributed by atoms with Gasteiger partial charge in [0.2, 0.25) is 0 Å². The molecule has 3 atom stereocenters. The van der Waals surface area contributed by atoms with Crippen LogP contribution in [0, 0.1) is 11.8 Å². The van der Waals surface area contributed by atoms with Crippen LogP contribution in [0.25, 0.3) is 0 Å². The molecule has 2 fully saturated rings. The Bertz CT molecular complexity index is 508. The molecular formula is C15H18ClNO3. The first-order chi connectivity index (χ1) is 9.63. The standard InChI is InChI=1S/C15H18ClNO3/c16-11-2-1-3-12(6-11)20-9-15(19)17-7-10-4-5-14(18)13(10)8-17/h1-3,6,10,13-14,18H,4-5,7-9H2. The van der Waals surface area contributed by atoms with Gasteiger partial charge in [0.05, 0.1) is 6.10 Å². The Morgan fingerprint density at radius 2 is 2.25 bits per heavy atom. The second-order valence-corrected chi connectivity index (χ2v) is 6.05. The summed E-state index contributed by atoms with van der Waals surface area (Å²) in [6.07, 6.45) is 1.65. The molecule has 5 heteroatoms. The summed E-state index contributed by atoms with van der Waals surface area (Å²) in [6.45, 7) is 1.43. The highest BCUT2D eigenvalue weighted by molar-refractivity contribution is 6.30. The summed E-state index contributed by atoms with van der Waals surface area (Å²) in [7, 11) is 0. The molecule has 1 saturated carbocycles. The quantitative estimate of drug-likeness (QED) is 0.927. The van der Waals surface area contributed by atoms with Crippen molar-refractivity contribution >= 4 is 17.5 Å². The van der Waals surface area contributed by atoms with E-state index in [-0.39, 0.29) is 24.5 Å². The van der Waals surface area contributed by atoms with Gasteiger partial charge in [-0.3, -0.25) is 4.79 Å². The second kappa shape index (κ2) is 5.62. The van der Waals surface area contributed by atoms with E-state index in [1.807, 2.05) is 4.90 Å². The number of likely N-dealkylation sites (tertiary alicyclic amines) is 1. The third-order valence-electron chi connectivity index (χ3n) is 4.33. The van der Waals surface area contributed by atoms with Crippen LogP contribution in [0.5, 0.6) is 5.75 Å². The number of carbonyl (C=O) groups is 1.